The van der Waals surface area contributed by atoms with Crippen molar-refractivity contribution in [3.8, 4) is 5.75 Å². The number of hydrogen-bond donors (Lipinski definition) is 1. The van der Waals surface area contributed by atoms with Crippen LogP contribution in [0.4, 0.5) is 4.39 Å². The molecular formula is C14H11BrCl2FNO. The smallest absolute Gasteiger partial charge is 0.147 e. The van der Waals surface area contributed by atoms with Gasteiger partial charge in [-0.3, -0.25) is 0 Å². The third kappa shape index (κ3) is 3.64. The third-order valence-corrected chi connectivity index (χ3v) is 4.18. The summed E-state index contributed by atoms with van der Waals surface area (Å²) in [5.41, 5.74) is 6.23. The van der Waals surface area contributed by atoms with Crippen LogP contribution in [0.15, 0.2) is 40.9 Å². The molecule has 0 aliphatic heterocycles. The Morgan fingerprint density at radius 1 is 1.25 bits per heavy atom. The molecular weight excluding hydrogens is 368 g/mol. The van der Waals surface area contributed by atoms with Gasteiger partial charge < -0.3 is 10.5 Å². The minimum absolute atomic E-state index is 0.0145. The van der Waals surface area contributed by atoms with Crippen LogP contribution >= 0.6 is 39.1 Å². The van der Waals surface area contributed by atoms with Crippen LogP contribution in [0.5, 0.6) is 5.75 Å². The molecule has 2 rings (SSSR count). The lowest BCUT2D eigenvalue weighted by Crippen LogP contribution is -2.20. The molecule has 0 spiro atoms. The minimum Gasteiger partial charge on any atom is -0.492 e. The maximum atomic E-state index is 14.0. The van der Waals surface area contributed by atoms with Crippen LogP contribution in [0, 0.1) is 5.82 Å². The normalized spacial score (nSPS) is 12.2. The van der Waals surface area contributed by atoms with Gasteiger partial charge in [0.1, 0.15) is 18.2 Å². The fraction of sp³-hybridized carbons (Fsp3) is 0.143. The summed E-state index contributed by atoms with van der Waals surface area (Å²) in [6.07, 6.45) is 0. The van der Waals surface area contributed by atoms with E-state index in [4.69, 9.17) is 33.7 Å². The largest absolute Gasteiger partial charge is 0.492 e. The van der Waals surface area contributed by atoms with Gasteiger partial charge in [0, 0.05) is 15.1 Å². The van der Waals surface area contributed by atoms with Gasteiger partial charge in [-0.1, -0.05) is 35.3 Å². The van der Waals surface area contributed by atoms with E-state index in [0.717, 1.165) is 0 Å². The average Bonchev–Trinajstić information content (AvgIpc) is 2.42. The minimum atomic E-state index is -0.625. The Morgan fingerprint density at radius 3 is 2.70 bits per heavy atom. The third-order valence-electron chi connectivity index (χ3n) is 2.69. The second-order valence-corrected chi connectivity index (χ2v) is 5.81. The van der Waals surface area contributed by atoms with Crippen molar-refractivity contribution in [2.45, 2.75) is 6.04 Å². The topological polar surface area (TPSA) is 35.2 Å². The Balaban J connectivity index is 2.09. The lowest BCUT2D eigenvalue weighted by Gasteiger charge is -2.15. The molecule has 0 saturated carbocycles. The fourth-order valence-corrected chi connectivity index (χ4v) is 2.32. The summed E-state index contributed by atoms with van der Waals surface area (Å²) >= 11 is 14.8. The first-order valence-electron chi connectivity index (χ1n) is 5.76. The van der Waals surface area contributed by atoms with Gasteiger partial charge in [0.25, 0.3) is 0 Å². The quantitative estimate of drug-likeness (QED) is 0.762. The summed E-state index contributed by atoms with van der Waals surface area (Å²) in [7, 11) is 0. The molecule has 0 aromatic heterocycles. The first-order chi connectivity index (χ1) is 9.49. The molecule has 0 fully saturated rings. The molecule has 0 aliphatic rings. The van der Waals surface area contributed by atoms with Crippen LogP contribution in [-0.2, 0) is 0 Å². The van der Waals surface area contributed by atoms with Crippen LogP contribution in [0.3, 0.4) is 0 Å². The molecule has 6 heteroatoms. The van der Waals surface area contributed by atoms with Crippen molar-refractivity contribution in [2.75, 3.05) is 6.61 Å². The van der Waals surface area contributed by atoms with E-state index in [1.54, 1.807) is 36.4 Å². The second kappa shape index (κ2) is 6.76. The highest BCUT2D eigenvalue weighted by Gasteiger charge is 2.16. The summed E-state index contributed by atoms with van der Waals surface area (Å²) in [5, 5.41) is 0.578. The Hall–Kier alpha value is -0.810. The lowest BCUT2D eigenvalue weighted by molar-refractivity contribution is 0.288. The van der Waals surface area contributed by atoms with Gasteiger partial charge in [-0.15, -0.1) is 0 Å². The summed E-state index contributed by atoms with van der Waals surface area (Å²) in [5.74, 6) is 0.0415. The van der Waals surface area contributed by atoms with Crippen molar-refractivity contribution in [3.05, 3.63) is 62.3 Å². The van der Waals surface area contributed by atoms with E-state index >= 15 is 0 Å². The zero-order chi connectivity index (χ0) is 14.7. The lowest BCUT2D eigenvalue weighted by atomic mass is 10.1. The van der Waals surface area contributed by atoms with E-state index in [1.165, 1.54) is 0 Å². The van der Waals surface area contributed by atoms with Crippen LogP contribution in [0.2, 0.25) is 10.0 Å². The Labute approximate surface area is 134 Å². The van der Waals surface area contributed by atoms with Crippen LogP contribution in [0.1, 0.15) is 11.6 Å². The van der Waals surface area contributed by atoms with Gasteiger partial charge in [0.2, 0.25) is 0 Å². The second-order valence-electron chi connectivity index (χ2n) is 4.14. The van der Waals surface area contributed by atoms with E-state index in [1.807, 2.05) is 0 Å². The molecule has 20 heavy (non-hydrogen) atoms. The Bertz CT molecular complexity index is 624. The van der Waals surface area contributed by atoms with Crippen molar-refractivity contribution in [2.24, 2.45) is 5.73 Å². The number of benzene rings is 2. The van der Waals surface area contributed by atoms with E-state index in [9.17, 15) is 4.39 Å². The first kappa shape index (κ1) is 15.6. The molecule has 1 atom stereocenters. The Morgan fingerprint density at radius 2 is 2.00 bits per heavy atom. The summed E-state index contributed by atoms with van der Waals surface area (Å²) in [6, 6.07) is 9.53. The van der Waals surface area contributed by atoms with Crippen molar-refractivity contribution in [1.29, 1.82) is 0 Å². The highest BCUT2D eigenvalue weighted by molar-refractivity contribution is 9.10. The first-order valence-corrected chi connectivity index (χ1v) is 7.31. The van der Waals surface area contributed by atoms with Gasteiger partial charge >= 0.3 is 0 Å². The molecule has 2 aromatic rings. The van der Waals surface area contributed by atoms with E-state index in [2.05, 4.69) is 15.9 Å². The van der Waals surface area contributed by atoms with Crippen molar-refractivity contribution in [1.82, 2.24) is 0 Å². The standard InChI is InChI=1S/C14H11BrCl2FNO/c15-11-5-4-10(14(18)13(11)17)12(19)7-20-9-3-1-2-8(16)6-9/h1-6,12H,7,19H2. The van der Waals surface area contributed by atoms with Gasteiger partial charge in [-0.05, 0) is 40.2 Å². The number of halogens is 4. The van der Waals surface area contributed by atoms with Crippen LogP contribution in [0.25, 0.3) is 0 Å². The maximum Gasteiger partial charge on any atom is 0.147 e. The number of nitrogens with two attached hydrogens (primary N) is 1. The van der Waals surface area contributed by atoms with Gasteiger partial charge in [0.15, 0.2) is 0 Å². The SMILES string of the molecule is NC(COc1cccc(Cl)c1)c1ccc(Br)c(Cl)c1F. The maximum absolute atomic E-state index is 14.0. The molecule has 0 amide bonds. The van der Waals surface area contributed by atoms with E-state index in [-0.39, 0.29) is 11.6 Å². The molecule has 2 aromatic carbocycles. The zero-order valence-corrected chi connectivity index (χ0v) is 13.3. The summed E-state index contributed by atoms with van der Waals surface area (Å²) in [4.78, 5) is 0. The molecule has 2 N–H and O–H groups in total. The summed E-state index contributed by atoms with van der Waals surface area (Å²) < 4.78 is 20.0. The molecule has 0 heterocycles. The molecule has 0 bridgehead atoms. The predicted octanol–water partition coefficient (Wildman–Crippen LogP) is 4.97. The summed E-state index contributed by atoms with van der Waals surface area (Å²) in [6.45, 7) is 0.120. The number of hydrogen-bond acceptors (Lipinski definition) is 2. The van der Waals surface area contributed by atoms with Gasteiger partial charge in [-0.25, -0.2) is 4.39 Å². The molecule has 0 radical (unpaired) electrons. The highest BCUT2D eigenvalue weighted by Crippen LogP contribution is 2.30. The van der Waals surface area contributed by atoms with E-state index < -0.39 is 11.9 Å². The zero-order valence-electron chi connectivity index (χ0n) is 10.2. The Kier molecular flexibility index (Phi) is 5.27. The monoisotopic (exact) mass is 377 g/mol. The van der Waals surface area contributed by atoms with Gasteiger partial charge in [0.05, 0.1) is 11.1 Å². The molecule has 2 nitrogen and oxygen atoms in total. The number of rotatable bonds is 4. The van der Waals surface area contributed by atoms with Crippen molar-refractivity contribution in [3.63, 3.8) is 0 Å². The van der Waals surface area contributed by atoms with Gasteiger partial charge in [-0.2, -0.15) is 0 Å². The molecule has 0 saturated heterocycles. The number of ether oxygens (including phenoxy) is 1. The van der Waals surface area contributed by atoms with Crippen molar-refractivity contribution < 1.29 is 9.13 Å². The average molecular weight is 379 g/mol. The predicted molar refractivity (Wildman–Crippen MR) is 83.0 cm³/mol. The van der Waals surface area contributed by atoms with E-state index in [0.29, 0.717) is 20.8 Å². The molecule has 1 unspecified atom stereocenters. The fourth-order valence-electron chi connectivity index (χ4n) is 1.66. The molecule has 106 valence electrons. The highest BCUT2D eigenvalue weighted by atomic mass is 79.9. The van der Waals surface area contributed by atoms with Crippen LogP contribution in [-0.4, -0.2) is 6.61 Å². The molecule has 0 aliphatic carbocycles. The van der Waals surface area contributed by atoms with Crippen molar-refractivity contribution >= 4 is 39.1 Å². The van der Waals surface area contributed by atoms with Crippen LogP contribution < -0.4 is 10.5 Å².